The molecule has 0 radical (unpaired) electrons. The average molecular weight is 428 g/mol. The number of nitrogens with zero attached hydrogens (tertiary/aromatic N) is 2. The average Bonchev–Trinajstić information content (AvgIpc) is 2.77. The first kappa shape index (κ1) is 22.4. The molecular formula is C23H29N3O5. The molecule has 1 aliphatic rings. The predicted octanol–water partition coefficient (Wildman–Crippen LogP) is 4.10. The molecule has 1 amide bonds. The van der Waals surface area contributed by atoms with Gasteiger partial charge in [-0.05, 0) is 49.4 Å². The molecule has 2 atom stereocenters. The van der Waals surface area contributed by atoms with Crippen LogP contribution < -0.4 is 19.7 Å². The van der Waals surface area contributed by atoms with E-state index >= 15 is 0 Å². The van der Waals surface area contributed by atoms with Gasteiger partial charge in [0.2, 0.25) is 5.75 Å². The number of amides is 1. The molecule has 0 bridgehead atoms. The number of hydrogen-bond donors (Lipinski definition) is 1. The summed E-state index contributed by atoms with van der Waals surface area (Å²) >= 11 is 0. The molecule has 2 aromatic carbocycles. The van der Waals surface area contributed by atoms with E-state index in [2.05, 4.69) is 29.3 Å². The van der Waals surface area contributed by atoms with Gasteiger partial charge in [-0.25, -0.2) is 0 Å². The monoisotopic (exact) mass is 427 g/mol. The summed E-state index contributed by atoms with van der Waals surface area (Å²) in [4.78, 5) is 25.1. The minimum atomic E-state index is -0.534. The number of benzene rings is 2. The van der Waals surface area contributed by atoms with E-state index in [1.807, 2.05) is 19.1 Å². The fourth-order valence-electron chi connectivity index (χ4n) is 3.81. The van der Waals surface area contributed by atoms with Crippen LogP contribution in [0.25, 0.3) is 0 Å². The van der Waals surface area contributed by atoms with Crippen LogP contribution in [0.1, 0.15) is 38.3 Å². The van der Waals surface area contributed by atoms with Crippen LogP contribution in [0.3, 0.4) is 0 Å². The second kappa shape index (κ2) is 10.1. The van der Waals surface area contributed by atoms with Gasteiger partial charge in [-0.2, -0.15) is 0 Å². The number of nitro benzene ring substituents is 1. The maximum Gasteiger partial charge on any atom is 0.311 e. The number of hydrogen-bond acceptors (Lipinski definition) is 6. The third-order valence-electron chi connectivity index (χ3n) is 5.51. The minimum Gasteiger partial charge on any atom is -0.490 e. The van der Waals surface area contributed by atoms with E-state index < -0.39 is 4.92 Å². The lowest BCUT2D eigenvalue weighted by molar-refractivity contribution is -0.385. The van der Waals surface area contributed by atoms with Gasteiger partial charge in [-0.3, -0.25) is 14.9 Å². The Morgan fingerprint density at radius 2 is 2.03 bits per heavy atom. The van der Waals surface area contributed by atoms with Crippen LogP contribution in [0, 0.1) is 16.0 Å². The lowest BCUT2D eigenvalue weighted by atomic mass is 9.99. The molecule has 1 heterocycles. The Hall–Kier alpha value is -3.29. The quantitative estimate of drug-likeness (QED) is 0.504. The molecule has 31 heavy (non-hydrogen) atoms. The molecule has 8 nitrogen and oxygen atoms in total. The molecule has 2 aromatic rings. The second-order valence-electron chi connectivity index (χ2n) is 7.95. The minimum absolute atomic E-state index is 0.0828. The highest BCUT2D eigenvalue weighted by atomic mass is 16.6. The number of carbonyl (C=O) groups is 1. The molecule has 1 N–H and O–H groups in total. The van der Waals surface area contributed by atoms with Gasteiger partial charge < -0.3 is 19.7 Å². The highest BCUT2D eigenvalue weighted by Gasteiger charge is 2.18. The van der Waals surface area contributed by atoms with E-state index in [9.17, 15) is 14.9 Å². The number of ether oxygens (including phenoxy) is 2. The number of nitrogens with one attached hydrogen (secondary N) is 1. The summed E-state index contributed by atoms with van der Waals surface area (Å²) in [5, 5.41) is 13.9. The van der Waals surface area contributed by atoms with Crippen LogP contribution >= 0.6 is 0 Å². The number of carbonyl (C=O) groups excluding carboxylic acids is 1. The van der Waals surface area contributed by atoms with E-state index in [1.54, 1.807) is 0 Å². The molecule has 0 spiro atoms. The van der Waals surface area contributed by atoms with Gasteiger partial charge in [0.05, 0.1) is 18.1 Å². The lowest BCUT2D eigenvalue weighted by Crippen LogP contribution is -2.34. The standard InChI is InChI=1S/C23H29N3O5/c1-16-5-4-12-25(14-16)19-8-6-18(7-9-19)17(2)24-23(27)15-31-20-10-11-21(26(28)29)22(13-20)30-3/h6-11,13,16-17H,4-5,12,14-15H2,1-3H3,(H,24,27)/t16-,17+/m0/s1. The van der Waals surface area contributed by atoms with E-state index in [4.69, 9.17) is 9.47 Å². The molecular weight excluding hydrogens is 398 g/mol. The first-order valence-electron chi connectivity index (χ1n) is 10.5. The third kappa shape index (κ3) is 5.87. The van der Waals surface area contributed by atoms with Gasteiger partial charge in [0.25, 0.3) is 5.91 Å². The van der Waals surface area contributed by atoms with Gasteiger partial charge in [-0.15, -0.1) is 0 Å². The van der Waals surface area contributed by atoms with Crippen molar-refractivity contribution < 1.29 is 19.2 Å². The molecule has 1 aliphatic heterocycles. The summed E-state index contributed by atoms with van der Waals surface area (Å²) in [6.07, 6.45) is 2.50. The number of rotatable bonds is 8. The van der Waals surface area contributed by atoms with E-state index in [0.717, 1.165) is 18.7 Å². The zero-order valence-corrected chi connectivity index (χ0v) is 18.2. The molecule has 0 aromatic heterocycles. The third-order valence-corrected chi connectivity index (χ3v) is 5.51. The Bertz CT molecular complexity index is 916. The molecule has 1 fully saturated rings. The number of piperidine rings is 1. The highest BCUT2D eigenvalue weighted by molar-refractivity contribution is 5.78. The van der Waals surface area contributed by atoms with Crippen LogP contribution in [-0.4, -0.2) is 37.6 Å². The summed E-state index contributed by atoms with van der Waals surface area (Å²) in [7, 11) is 1.34. The van der Waals surface area contributed by atoms with Crippen molar-refractivity contribution in [1.82, 2.24) is 5.32 Å². The number of nitro groups is 1. The Morgan fingerprint density at radius 1 is 1.29 bits per heavy atom. The van der Waals surface area contributed by atoms with E-state index in [0.29, 0.717) is 11.7 Å². The van der Waals surface area contributed by atoms with Gasteiger partial charge in [-0.1, -0.05) is 19.1 Å². The normalized spacial score (nSPS) is 17.0. The molecule has 0 saturated carbocycles. The van der Waals surface area contributed by atoms with Crippen molar-refractivity contribution in [3.8, 4) is 11.5 Å². The second-order valence-corrected chi connectivity index (χ2v) is 7.95. The fraction of sp³-hybridized carbons (Fsp3) is 0.435. The number of anilines is 1. The van der Waals surface area contributed by atoms with Crippen LogP contribution in [0.2, 0.25) is 0 Å². The highest BCUT2D eigenvalue weighted by Crippen LogP contribution is 2.30. The maximum atomic E-state index is 12.3. The van der Waals surface area contributed by atoms with Gasteiger partial charge in [0.1, 0.15) is 5.75 Å². The first-order valence-corrected chi connectivity index (χ1v) is 10.5. The van der Waals surface area contributed by atoms with E-state index in [-0.39, 0.29) is 30.0 Å². The van der Waals surface area contributed by atoms with Crippen LogP contribution in [-0.2, 0) is 4.79 Å². The Labute approximate surface area is 182 Å². The first-order chi connectivity index (χ1) is 14.9. The van der Waals surface area contributed by atoms with Gasteiger partial charge >= 0.3 is 5.69 Å². The topological polar surface area (TPSA) is 93.9 Å². The summed E-state index contributed by atoms with van der Waals surface area (Å²) in [5.41, 5.74) is 2.07. The molecule has 3 rings (SSSR count). The summed E-state index contributed by atoms with van der Waals surface area (Å²) in [6, 6.07) is 12.3. The molecule has 166 valence electrons. The largest absolute Gasteiger partial charge is 0.490 e. The Kier molecular flexibility index (Phi) is 7.33. The zero-order chi connectivity index (χ0) is 22.4. The SMILES string of the molecule is COc1cc(OCC(=O)N[C@H](C)c2ccc(N3CCC[C@H](C)C3)cc2)ccc1[N+](=O)[O-]. The van der Waals surface area contributed by atoms with Crippen molar-refractivity contribution in [3.63, 3.8) is 0 Å². The van der Waals surface area contributed by atoms with Gasteiger partial charge in [0.15, 0.2) is 6.61 Å². The van der Waals surface area contributed by atoms with Crippen molar-refractivity contribution in [2.45, 2.75) is 32.7 Å². The van der Waals surface area contributed by atoms with Crippen molar-refractivity contribution in [1.29, 1.82) is 0 Å². The van der Waals surface area contributed by atoms with Crippen molar-refractivity contribution in [3.05, 3.63) is 58.1 Å². The summed E-state index contributed by atoms with van der Waals surface area (Å²) in [5.74, 6) is 0.839. The van der Waals surface area contributed by atoms with Crippen LogP contribution in [0.4, 0.5) is 11.4 Å². The molecule has 0 aliphatic carbocycles. The Balaban J connectivity index is 1.53. The van der Waals surface area contributed by atoms with Crippen molar-refractivity contribution >= 4 is 17.3 Å². The lowest BCUT2D eigenvalue weighted by Gasteiger charge is -2.33. The maximum absolute atomic E-state index is 12.3. The van der Waals surface area contributed by atoms with E-state index in [1.165, 1.54) is 43.8 Å². The van der Waals surface area contributed by atoms with Gasteiger partial charge in [0, 0.05) is 30.9 Å². The smallest absolute Gasteiger partial charge is 0.311 e. The summed E-state index contributed by atoms with van der Waals surface area (Å²) in [6.45, 7) is 6.17. The molecule has 1 saturated heterocycles. The fourth-order valence-corrected chi connectivity index (χ4v) is 3.81. The predicted molar refractivity (Wildman–Crippen MR) is 119 cm³/mol. The van der Waals surface area contributed by atoms with Crippen LogP contribution in [0.15, 0.2) is 42.5 Å². The number of methoxy groups -OCH3 is 1. The van der Waals surface area contributed by atoms with Crippen molar-refractivity contribution in [2.75, 3.05) is 31.7 Å². The zero-order valence-electron chi connectivity index (χ0n) is 18.2. The van der Waals surface area contributed by atoms with Crippen molar-refractivity contribution in [2.24, 2.45) is 5.92 Å². The van der Waals surface area contributed by atoms with Crippen LogP contribution in [0.5, 0.6) is 11.5 Å². The molecule has 0 unspecified atom stereocenters. The molecule has 8 heteroatoms. The summed E-state index contributed by atoms with van der Waals surface area (Å²) < 4.78 is 10.5. The Morgan fingerprint density at radius 3 is 2.68 bits per heavy atom.